The van der Waals surface area contributed by atoms with Gasteiger partial charge in [-0.25, -0.2) is 4.98 Å². The Morgan fingerprint density at radius 1 is 1.43 bits per heavy atom. The minimum absolute atomic E-state index is 0.198. The highest BCUT2D eigenvalue weighted by molar-refractivity contribution is 5.85. The topological polar surface area (TPSA) is 102 Å². The van der Waals surface area contributed by atoms with Crippen LogP contribution in [-0.4, -0.2) is 37.8 Å². The number of nitrogens with zero attached hydrogens (tertiary/aromatic N) is 4. The van der Waals surface area contributed by atoms with Crippen LogP contribution < -0.4 is 11.1 Å². The molecule has 0 amide bonds. The Hall–Kier alpha value is -2.15. The van der Waals surface area contributed by atoms with E-state index in [-0.39, 0.29) is 18.5 Å². The number of nitrogen functional groups attached to an aromatic ring is 1. The lowest BCUT2D eigenvalue weighted by molar-refractivity contribution is 0.281. The highest BCUT2D eigenvalue weighted by atomic mass is 16.3. The number of anilines is 2. The zero-order valence-electron chi connectivity index (χ0n) is 11.7. The summed E-state index contributed by atoms with van der Waals surface area (Å²) in [6.45, 7) is 1.11. The van der Waals surface area contributed by atoms with E-state index in [1.54, 1.807) is 6.33 Å². The minimum Gasteiger partial charge on any atom is -0.396 e. The van der Waals surface area contributed by atoms with Crippen LogP contribution in [0.2, 0.25) is 0 Å². The molecule has 2 aliphatic carbocycles. The minimum atomic E-state index is 0.198. The molecule has 2 heterocycles. The molecule has 0 aliphatic heterocycles. The first-order valence-corrected chi connectivity index (χ1v) is 7.30. The maximum Gasteiger partial charge on any atom is 0.224 e. The lowest BCUT2D eigenvalue weighted by Gasteiger charge is -2.06. The van der Waals surface area contributed by atoms with Crippen LogP contribution >= 0.6 is 0 Å². The van der Waals surface area contributed by atoms with Crippen molar-refractivity contribution in [2.75, 3.05) is 24.2 Å². The van der Waals surface area contributed by atoms with Crippen molar-refractivity contribution in [3.63, 3.8) is 0 Å². The molecule has 0 radical (unpaired) electrons. The molecule has 0 unspecified atom stereocenters. The van der Waals surface area contributed by atoms with Crippen LogP contribution in [0, 0.1) is 11.8 Å². The Kier molecular flexibility index (Phi) is 2.81. The first kappa shape index (κ1) is 12.6. The number of nitrogens with two attached hydrogens (primary N) is 1. The van der Waals surface area contributed by atoms with E-state index in [0.717, 1.165) is 24.4 Å². The third-order valence-corrected chi connectivity index (χ3v) is 4.07. The summed E-state index contributed by atoms with van der Waals surface area (Å²) < 4.78 is 1.86. The van der Waals surface area contributed by atoms with Gasteiger partial charge < -0.3 is 16.2 Å². The van der Waals surface area contributed by atoms with E-state index in [9.17, 15) is 0 Å². The second-order valence-corrected chi connectivity index (χ2v) is 5.87. The monoisotopic (exact) mass is 286 g/mol. The Labute approximate surface area is 121 Å². The number of nitrogens with one attached hydrogen (secondary N) is 1. The maximum absolute atomic E-state index is 9.11. The van der Waals surface area contributed by atoms with Gasteiger partial charge in [-0.05, 0) is 30.8 Å². The quantitative estimate of drug-likeness (QED) is 0.760. The van der Waals surface area contributed by atoms with Gasteiger partial charge in [0.1, 0.15) is 6.33 Å². The highest BCUT2D eigenvalue weighted by Gasteiger charge is 2.29. The van der Waals surface area contributed by atoms with Crippen molar-refractivity contribution in [2.24, 2.45) is 11.8 Å². The molecule has 1 atom stereocenters. The van der Waals surface area contributed by atoms with E-state index in [4.69, 9.17) is 10.8 Å². The molecule has 7 nitrogen and oxygen atoms in total. The Morgan fingerprint density at radius 2 is 2.29 bits per heavy atom. The predicted octanol–water partition coefficient (Wildman–Crippen LogP) is 1.08. The predicted molar refractivity (Wildman–Crippen MR) is 80.4 cm³/mol. The molecule has 110 valence electrons. The lowest BCUT2D eigenvalue weighted by atomic mass is 10.4. The van der Waals surface area contributed by atoms with Crippen LogP contribution in [0.3, 0.4) is 0 Å². The Balaban J connectivity index is 1.68. The van der Waals surface area contributed by atoms with Crippen LogP contribution in [0.5, 0.6) is 0 Å². The molecule has 2 saturated carbocycles. The van der Waals surface area contributed by atoms with Crippen LogP contribution in [0.25, 0.3) is 17.4 Å². The zero-order valence-corrected chi connectivity index (χ0v) is 11.7. The van der Waals surface area contributed by atoms with Crippen LogP contribution in [-0.2, 0) is 0 Å². The van der Waals surface area contributed by atoms with Gasteiger partial charge in [-0.15, -0.1) is 0 Å². The van der Waals surface area contributed by atoms with Gasteiger partial charge in [-0.1, -0.05) is 0 Å². The molecule has 2 aromatic rings. The van der Waals surface area contributed by atoms with Gasteiger partial charge in [0.15, 0.2) is 17.0 Å². The summed E-state index contributed by atoms with van der Waals surface area (Å²) in [6, 6.07) is 0. The normalized spacial score (nSPS) is 22.9. The number of aromatic nitrogens is 4. The number of hydrogen-bond acceptors (Lipinski definition) is 6. The molecule has 4 N–H and O–H groups in total. The number of aliphatic hydroxyl groups is 1. The van der Waals surface area contributed by atoms with E-state index in [0.29, 0.717) is 11.5 Å². The van der Waals surface area contributed by atoms with Crippen LogP contribution in [0.4, 0.5) is 11.8 Å². The standard InChI is InChI=1S/C14H18N6O/c15-14-18-12(16-4-8-1-2-8)11-13(19-14)20(7-17-11)5-9-3-10(9)6-21/h5,7-8,10,21H,1-4,6H2,(H3,15,16,18,19)/t10-/m1/s1. The number of fused-ring (bicyclic) bond motifs is 1. The van der Waals surface area contributed by atoms with Gasteiger partial charge in [0.2, 0.25) is 5.95 Å². The van der Waals surface area contributed by atoms with Crippen molar-refractivity contribution in [3.8, 4) is 0 Å². The first-order chi connectivity index (χ1) is 10.2. The molecule has 0 saturated heterocycles. The molecular formula is C14H18N6O. The molecule has 2 fully saturated rings. The Morgan fingerprint density at radius 3 is 3.00 bits per heavy atom. The summed E-state index contributed by atoms with van der Waals surface area (Å²) >= 11 is 0. The summed E-state index contributed by atoms with van der Waals surface area (Å²) in [7, 11) is 0. The van der Waals surface area contributed by atoms with Crippen molar-refractivity contribution in [2.45, 2.75) is 19.3 Å². The summed E-state index contributed by atoms with van der Waals surface area (Å²) in [5.41, 5.74) is 8.46. The Bertz CT molecular complexity index is 718. The smallest absolute Gasteiger partial charge is 0.224 e. The second kappa shape index (κ2) is 4.70. The molecule has 0 bridgehead atoms. The fourth-order valence-electron chi connectivity index (χ4n) is 2.46. The molecule has 4 rings (SSSR count). The summed E-state index contributed by atoms with van der Waals surface area (Å²) in [4.78, 5) is 13.0. The van der Waals surface area contributed by atoms with Gasteiger partial charge in [0.05, 0.1) is 0 Å². The third-order valence-electron chi connectivity index (χ3n) is 4.07. The molecule has 2 aromatic heterocycles. The van der Waals surface area contributed by atoms with E-state index in [2.05, 4.69) is 20.3 Å². The van der Waals surface area contributed by atoms with E-state index in [1.165, 1.54) is 18.4 Å². The number of hydrogen-bond donors (Lipinski definition) is 3. The van der Waals surface area contributed by atoms with E-state index >= 15 is 0 Å². The SMILES string of the molecule is Nc1nc(NCC2CC2)c2ncn(C=C3C[C@@H]3CO)c2n1. The van der Waals surface area contributed by atoms with Crippen molar-refractivity contribution >= 4 is 29.1 Å². The van der Waals surface area contributed by atoms with Crippen molar-refractivity contribution in [1.82, 2.24) is 19.5 Å². The van der Waals surface area contributed by atoms with Gasteiger partial charge in [0.25, 0.3) is 0 Å². The fraction of sp³-hybridized carbons (Fsp3) is 0.500. The molecule has 0 spiro atoms. The van der Waals surface area contributed by atoms with Gasteiger partial charge in [-0.3, -0.25) is 4.57 Å². The zero-order chi connectivity index (χ0) is 14.4. The molecule has 0 aromatic carbocycles. The number of imidazole rings is 1. The van der Waals surface area contributed by atoms with E-state index < -0.39 is 0 Å². The second-order valence-electron chi connectivity index (χ2n) is 5.87. The van der Waals surface area contributed by atoms with Crippen molar-refractivity contribution in [3.05, 3.63) is 11.9 Å². The first-order valence-electron chi connectivity index (χ1n) is 7.30. The lowest BCUT2D eigenvalue weighted by Crippen LogP contribution is -2.08. The molecular weight excluding hydrogens is 268 g/mol. The van der Waals surface area contributed by atoms with Crippen LogP contribution in [0.15, 0.2) is 11.9 Å². The third kappa shape index (κ3) is 2.44. The largest absolute Gasteiger partial charge is 0.396 e. The summed E-state index contributed by atoms with van der Waals surface area (Å²) in [5, 5.41) is 12.4. The van der Waals surface area contributed by atoms with Crippen LogP contribution in [0.1, 0.15) is 19.3 Å². The number of aliphatic hydroxyl groups excluding tert-OH is 1. The average Bonchev–Trinajstić information content (AvgIpc) is 3.37. The molecule has 21 heavy (non-hydrogen) atoms. The molecule has 2 aliphatic rings. The van der Waals surface area contributed by atoms with Gasteiger partial charge >= 0.3 is 0 Å². The summed E-state index contributed by atoms with van der Waals surface area (Å²) in [6.07, 6.45) is 7.19. The highest BCUT2D eigenvalue weighted by Crippen LogP contribution is 2.38. The van der Waals surface area contributed by atoms with Crippen molar-refractivity contribution < 1.29 is 5.11 Å². The van der Waals surface area contributed by atoms with Crippen molar-refractivity contribution in [1.29, 1.82) is 0 Å². The molecule has 7 heteroatoms. The summed E-state index contributed by atoms with van der Waals surface area (Å²) in [5.74, 6) is 1.98. The fourth-order valence-corrected chi connectivity index (χ4v) is 2.46. The maximum atomic E-state index is 9.11. The van der Waals surface area contributed by atoms with E-state index in [1.807, 2.05) is 10.8 Å². The van der Waals surface area contributed by atoms with Gasteiger partial charge in [-0.2, -0.15) is 9.97 Å². The van der Waals surface area contributed by atoms with Gasteiger partial charge in [0, 0.05) is 25.3 Å². The average molecular weight is 286 g/mol. The number of rotatable bonds is 5.